The van der Waals surface area contributed by atoms with E-state index >= 15 is 0 Å². The molecule has 0 aliphatic carbocycles. The van der Waals surface area contributed by atoms with Gasteiger partial charge in [-0.05, 0) is 6.07 Å². The minimum Gasteiger partial charge on any atom is -0.496 e. The zero-order chi connectivity index (χ0) is 13.8. The molecule has 0 heterocycles. The van der Waals surface area contributed by atoms with Gasteiger partial charge < -0.3 is 16.2 Å². The lowest BCUT2D eigenvalue weighted by atomic mass is 10.1. The molecule has 0 aliphatic heterocycles. The lowest BCUT2D eigenvalue weighted by molar-refractivity contribution is -0.138. The second-order valence-corrected chi connectivity index (χ2v) is 3.19. The molecule has 0 radical (unpaired) electrons. The van der Waals surface area contributed by atoms with E-state index in [-0.39, 0.29) is 17.3 Å². The second kappa shape index (κ2) is 5.39. The monoisotopic (exact) mass is 260 g/mol. The molecule has 0 fully saturated rings. The summed E-state index contributed by atoms with van der Waals surface area (Å²) in [6.45, 7) is 0. The molecular formula is C10H11F3N4O. The Balaban J connectivity index is 3.27. The lowest BCUT2D eigenvalue weighted by Crippen LogP contribution is -2.21. The Morgan fingerprint density at radius 3 is 2.50 bits per heavy atom. The minimum atomic E-state index is -4.56. The maximum absolute atomic E-state index is 12.9. The van der Waals surface area contributed by atoms with E-state index in [9.17, 15) is 13.2 Å². The van der Waals surface area contributed by atoms with E-state index in [0.717, 1.165) is 13.3 Å². The van der Waals surface area contributed by atoms with Crippen molar-refractivity contribution in [1.82, 2.24) is 0 Å². The first-order valence-corrected chi connectivity index (χ1v) is 4.72. The third-order valence-electron chi connectivity index (χ3n) is 1.93. The molecule has 8 heteroatoms. The van der Waals surface area contributed by atoms with Gasteiger partial charge in [0.15, 0.2) is 0 Å². The molecule has 1 rings (SSSR count). The summed E-state index contributed by atoms with van der Waals surface area (Å²) >= 11 is 0. The highest BCUT2D eigenvalue weighted by Gasteiger charge is 2.36. The van der Waals surface area contributed by atoms with Crippen molar-refractivity contribution in [2.45, 2.75) is 6.18 Å². The van der Waals surface area contributed by atoms with Gasteiger partial charge in [0.1, 0.15) is 11.3 Å². The summed E-state index contributed by atoms with van der Waals surface area (Å²) in [6.07, 6.45) is -3.66. The smallest absolute Gasteiger partial charge is 0.420 e. The quantitative estimate of drug-likeness (QED) is 0.488. The van der Waals surface area contributed by atoms with Gasteiger partial charge in [-0.3, -0.25) is 0 Å². The average molecular weight is 260 g/mol. The highest BCUT2D eigenvalue weighted by Crippen LogP contribution is 2.37. The Labute approximate surface area is 101 Å². The number of rotatable bonds is 3. The fourth-order valence-corrected chi connectivity index (χ4v) is 1.29. The van der Waals surface area contributed by atoms with Crippen molar-refractivity contribution >= 4 is 12.2 Å². The maximum Gasteiger partial charge on any atom is 0.420 e. The van der Waals surface area contributed by atoms with E-state index in [0.29, 0.717) is 0 Å². The Morgan fingerprint density at radius 1 is 1.33 bits per heavy atom. The molecule has 0 bridgehead atoms. The number of ether oxygens (including phenoxy) is 1. The number of halogens is 3. The van der Waals surface area contributed by atoms with Crippen LogP contribution in [-0.2, 0) is 6.18 Å². The largest absolute Gasteiger partial charge is 0.496 e. The topological polar surface area (TPSA) is 86.0 Å². The minimum absolute atomic E-state index is 0.188. The predicted octanol–water partition coefficient (Wildman–Crippen LogP) is 1.32. The van der Waals surface area contributed by atoms with Gasteiger partial charge in [-0.1, -0.05) is 12.1 Å². The molecule has 1 aromatic carbocycles. The molecule has 0 atom stereocenters. The van der Waals surface area contributed by atoms with Crippen LogP contribution >= 0.6 is 0 Å². The van der Waals surface area contributed by atoms with Crippen molar-refractivity contribution in [1.29, 1.82) is 0 Å². The summed E-state index contributed by atoms with van der Waals surface area (Å²) in [5.41, 5.74) is 8.89. The molecular weight excluding hydrogens is 249 g/mol. The SMILES string of the molecule is COc1cccc(C=NN=C(N)N)c1C(F)(F)F. The Morgan fingerprint density at radius 2 is 2.00 bits per heavy atom. The Bertz CT molecular complexity index is 479. The van der Waals surface area contributed by atoms with Gasteiger partial charge >= 0.3 is 6.18 Å². The number of benzene rings is 1. The summed E-state index contributed by atoms with van der Waals surface area (Å²) in [5, 5.41) is 6.58. The number of alkyl halides is 3. The summed E-state index contributed by atoms with van der Waals surface area (Å²) in [6, 6.07) is 3.85. The van der Waals surface area contributed by atoms with Crippen LogP contribution in [0.3, 0.4) is 0 Å². The van der Waals surface area contributed by atoms with Crippen LogP contribution in [0.4, 0.5) is 13.2 Å². The molecule has 4 N–H and O–H groups in total. The number of guanidine groups is 1. The zero-order valence-corrected chi connectivity index (χ0v) is 9.40. The Hall–Kier alpha value is -2.25. The molecule has 18 heavy (non-hydrogen) atoms. The van der Waals surface area contributed by atoms with Crippen LogP contribution in [0.5, 0.6) is 5.75 Å². The van der Waals surface area contributed by atoms with Crippen molar-refractivity contribution in [3.05, 3.63) is 29.3 Å². The third-order valence-corrected chi connectivity index (χ3v) is 1.93. The van der Waals surface area contributed by atoms with Crippen LogP contribution in [0.25, 0.3) is 0 Å². The normalized spacial score (nSPS) is 11.6. The van der Waals surface area contributed by atoms with E-state index < -0.39 is 11.7 Å². The van der Waals surface area contributed by atoms with Crippen molar-refractivity contribution in [3.63, 3.8) is 0 Å². The second-order valence-electron chi connectivity index (χ2n) is 3.19. The zero-order valence-electron chi connectivity index (χ0n) is 9.40. The highest BCUT2D eigenvalue weighted by atomic mass is 19.4. The summed E-state index contributed by atoms with van der Waals surface area (Å²) in [4.78, 5) is 0. The van der Waals surface area contributed by atoms with Gasteiger partial charge in [-0.15, -0.1) is 5.10 Å². The van der Waals surface area contributed by atoms with Crippen LogP contribution in [0.2, 0.25) is 0 Å². The van der Waals surface area contributed by atoms with E-state index in [1.807, 2.05) is 0 Å². The molecule has 0 aliphatic rings. The van der Waals surface area contributed by atoms with Gasteiger partial charge in [-0.2, -0.15) is 18.3 Å². The molecule has 5 nitrogen and oxygen atoms in total. The summed E-state index contributed by atoms with van der Waals surface area (Å²) in [5.74, 6) is -0.640. The first-order chi connectivity index (χ1) is 8.36. The number of nitrogens with zero attached hydrogens (tertiary/aromatic N) is 2. The standard InChI is InChI=1S/C10H11F3N4O/c1-18-7-4-2-3-6(5-16-17-9(14)15)8(7)10(11,12)13/h2-5H,1H3,(H4,14,15,17). The van der Waals surface area contributed by atoms with Crippen molar-refractivity contribution in [3.8, 4) is 5.75 Å². The first kappa shape index (κ1) is 13.8. The lowest BCUT2D eigenvalue weighted by Gasteiger charge is -2.13. The molecule has 0 saturated carbocycles. The molecule has 0 aromatic heterocycles. The van der Waals surface area contributed by atoms with Gasteiger partial charge in [0.2, 0.25) is 5.96 Å². The van der Waals surface area contributed by atoms with Gasteiger partial charge in [0, 0.05) is 5.56 Å². The van der Waals surface area contributed by atoms with Gasteiger partial charge in [-0.25, -0.2) is 0 Å². The van der Waals surface area contributed by atoms with Crippen LogP contribution in [-0.4, -0.2) is 19.3 Å². The van der Waals surface area contributed by atoms with Crippen molar-refractivity contribution in [2.24, 2.45) is 21.7 Å². The average Bonchev–Trinajstić information content (AvgIpc) is 2.26. The van der Waals surface area contributed by atoms with Crippen LogP contribution in [0.15, 0.2) is 28.4 Å². The summed E-state index contributed by atoms with van der Waals surface area (Å²) in [7, 11) is 1.15. The van der Waals surface area contributed by atoms with Gasteiger partial charge in [0.05, 0.1) is 13.3 Å². The van der Waals surface area contributed by atoms with Crippen molar-refractivity contribution in [2.75, 3.05) is 7.11 Å². The number of hydrogen-bond donors (Lipinski definition) is 2. The number of hydrogen-bond acceptors (Lipinski definition) is 3. The Kier molecular flexibility index (Phi) is 4.13. The first-order valence-electron chi connectivity index (χ1n) is 4.72. The number of nitrogens with two attached hydrogens (primary N) is 2. The van der Waals surface area contributed by atoms with Crippen LogP contribution < -0.4 is 16.2 Å². The highest BCUT2D eigenvalue weighted by molar-refractivity contribution is 5.84. The third kappa shape index (κ3) is 3.37. The van der Waals surface area contributed by atoms with E-state index in [1.54, 1.807) is 0 Å². The van der Waals surface area contributed by atoms with Gasteiger partial charge in [0.25, 0.3) is 0 Å². The van der Waals surface area contributed by atoms with E-state index in [4.69, 9.17) is 11.5 Å². The molecule has 1 aromatic rings. The molecule has 0 saturated heterocycles. The van der Waals surface area contributed by atoms with E-state index in [1.165, 1.54) is 18.2 Å². The summed E-state index contributed by atoms with van der Waals surface area (Å²) < 4.78 is 43.2. The van der Waals surface area contributed by atoms with Crippen LogP contribution in [0, 0.1) is 0 Å². The maximum atomic E-state index is 12.9. The molecule has 0 unspecified atom stereocenters. The molecule has 0 amide bonds. The van der Waals surface area contributed by atoms with E-state index in [2.05, 4.69) is 14.9 Å². The molecule has 98 valence electrons. The fourth-order valence-electron chi connectivity index (χ4n) is 1.29. The van der Waals surface area contributed by atoms with Crippen molar-refractivity contribution < 1.29 is 17.9 Å². The number of methoxy groups -OCH3 is 1. The predicted molar refractivity (Wildman–Crippen MR) is 61.4 cm³/mol. The molecule has 0 spiro atoms. The van der Waals surface area contributed by atoms with Crippen LogP contribution in [0.1, 0.15) is 11.1 Å². The fraction of sp³-hybridized carbons (Fsp3) is 0.200.